The van der Waals surface area contributed by atoms with Gasteiger partial charge in [-0.05, 0) is 0 Å². The molecule has 1 rings (SSSR count). The van der Waals surface area contributed by atoms with Crippen LogP contribution in [0.25, 0.3) is 0 Å². The highest BCUT2D eigenvalue weighted by Crippen LogP contribution is 1.78. The molecule has 0 saturated carbocycles. The highest BCUT2D eigenvalue weighted by Gasteiger charge is 2.09. The maximum absolute atomic E-state index is 11.7. The van der Waals surface area contributed by atoms with Gasteiger partial charge in [-0.25, -0.2) is 28.1 Å². The summed E-state index contributed by atoms with van der Waals surface area (Å²) in [5.74, 6) is 0. The summed E-state index contributed by atoms with van der Waals surface area (Å²) in [5.41, 5.74) is -1.91. The zero-order valence-electron chi connectivity index (χ0n) is 9.88. The lowest BCUT2D eigenvalue weighted by atomic mass is 10.6. The fourth-order valence-corrected chi connectivity index (χ4v) is 1.35. The Hall–Kier alpha value is -1.89. The molecule has 0 aliphatic carbocycles. The first-order chi connectivity index (χ1) is 8.00. The minimum Gasteiger partial charge on any atom is -0.376 e. The Morgan fingerprint density at radius 2 is 1.65 bits per heavy atom. The van der Waals surface area contributed by atoms with Crippen LogP contribution in [-0.4, -0.2) is 26.9 Å². The fourth-order valence-electron chi connectivity index (χ4n) is 1.35. The average molecular weight is 241 g/mol. The largest absolute Gasteiger partial charge is 0.376 e. The fraction of sp³-hybridized carbons (Fsp3) is 0.500. The Balaban J connectivity index is 3.09. The number of hydrogen-bond donors (Lipinski definition) is 0. The first-order valence-corrected chi connectivity index (χ1v) is 5.06. The van der Waals surface area contributed by atoms with Gasteiger partial charge in [-0.1, -0.05) is 6.08 Å². The zero-order chi connectivity index (χ0) is 13.0. The quantitative estimate of drug-likeness (QED) is 0.462. The number of hydrogen-bond acceptors (Lipinski definition) is 4. The van der Waals surface area contributed by atoms with Crippen LogP contribution in [0.3, 0.4) is 0 Å². The molecule has 0 amide bonds. The van der Waals surface area contributed by atoms with Gasteiger partial charge in [0.1, 0.15) is 0 Å². The van der Waals surface area contributed by atoms with Crippen molar-refractivity contribution in [2.24, 2.45) is 14.1 Å². The van der Waals surface area contributed by atoms with Crippen LogP contribution in [0.4, 0.5) is 0 Å². The van der Waals surface area contributed by atoms with E-state index in [4.69, 9.17) is 4.74 Å². The van der Waals surface area contributed by atoms with Gasteiger partial charge in [-0.3, -0.25) is 0 Å². The van der Waals surface area contributed by atoms with Crippen molar-refractivity contribution in [1.82, 2.24) is 13.7 Å². The molecule has 0 saturated heterocycles. The molecule has 94 valence electrons. The predicted octanol–water partition coefficient (Wildman–Crippen LogP) is -1.55. The number of rotatable bonds is 5. The first-order valence-electron chi connectivity index (χ1n) is 5.06. The Kier molecular flexibility index (Phi) is 4.22. The molecule has 0 unspecified atom stereocenters. The third kappa shape index (κ3) is 2.62. The second kappa shape index (κ2) is 5.44. The molecule has 1 heterocycles. The van der Waals surface area contributed by atoms with Crippen molar-refractivity contribution < 1.29 is 4.74 Å². The van der Waals surface area contributed by atoms with Gasteiger partial charge in [0.05, 0.1) is 19.8 Å². The molecule has 7 nitrogen and oxygen atoms in total. The lowest BCUT2D eigenvalue weighted by Crippen LogP contribution is -2.53. The van der Waals surface area contributed by atoms with E-state index >= 15 is 0 Å². The van der Waals surface area contributed by atoms with Crippen LogP contribution in [0.5, 0.6) is 0 Å². The Labute approximate surface area is 97.2 Å². The summed E-state index contributed by atoms with van der Waals surface area (Å²) in [5, 5.41) is 0. The number of aromatic nitrogens is 3. The molecule has 1 aromatic rings. The standard InChI is InChI=1S/C10H15N3O4/c1-4-6-17-7-5-13-9(15)11(2)8(14)12(3)10(13)16/h4H,1,5-7H2,2-3H3. The second-order valence-corrected chi connectivity index (χ2v) is 3.48. The Morgan fingerprint density at radius 3 is 2.12 bits per heavy atom. The van der Waals surface area contributed by atoms with Gasteiger partial charge in [0.25, 0.3) is 0 Å². The van der Waals surface area contributed by atoms with E-state index in [2.05, 4.69) is 6.58 Å². The first kappa shape index (κ1) is 13.2. The van der Waals surface area contributed by atoms with Crippen LogP contribution < -0.4 is 17.1 Å². The van der Waals surface area contributed by atoms with Gasteiger partial charge >= 0.3 is 17.1 Å². The monoisotopic (exact) mass is 241 g/mol. The van der Waals surface area contributed by atoms with E-state index < -0.39 is 17.1 Å². The second-order valence-electron chi connectivity index (χ2n) is 3.48. The number of nitrogens with zero attached hydrogens (tertiary/aromatic N) is 3. The average Bonchev–Trinajstić information content (AvgIpc) is 2.33. The van der Waals surface area contributed by atoms with Gasteiger partial charge in [-0.2, -0.15) is 0 Å². The SMILES string of the molecule is C=CCOCCn1c(=O)n(C)c(=O)n(C)c1=O. The van der Waals surface area contributed by atoms with E-state index in [0.717, 1.165) is 13.7 Å². The van der Waals surface area contributed by atoms with Gasteiger partial charge in [0.2, 0.25) is 0 Å². The summed E-state index contributed by atoms with van der Waals surface area (Å²) in [4.78, 5) is 34.7. The summed E-state index contributed by atoms with van der Waals surface area (Å²) >= 11 is 0. The lowest BCUT2D eigenvalue weighted by Gasteiger charge is -2.08. The molecule has 0 atom stereocenters. The molecule has 0 aliphatic rings. The summed E-state index contributed by atoms with van der Waals surface area (Å²) < 4.78 is 7.82. The van der Waals surface area contributed by atoms with E-state index in [1.807, 2.05) is 0 Å². The summed E-state index contributed by atoms with van der Waals surface area (Å²) in [6, 6.07) is 0. The van der Waals surface area contributed by atoms with Gasteiger partial charge in [0, 0.05) is 14.1 Å². The maximum Gasteiger partial charge on any atom is 0.336 e. The minimum atomic E-state index is -0.639. The van der Waals surface area contributed by atoms with E-state index in [-0.39, 0.29) is 13.2 Å². The molecule has 0 fully saturated rings. The minimum absolute atomic E-state index is 0.105. The molecule has 0 N–H and O–H groups in total. The van der Waals surface area contributed by atoms with E-state index in [9.17, 15) is 14.4 Å². The van der Waals surface area contributed by atoms with Crippen LogP contribution in [0, 0.1) is 0 Å². The lowest BCUT2D eigenvalue weighted by molar-refractivity contribution is 0.149. The number of ether oxygens (including phenoxy) is 1. The van der Waals surface area contributed by atoms with Crippen LogP contribution >= 0.6 is 0 Å². The van der Waals surface area contributed by atoms with Crippen molar-refractivity contribution >= 4 is 0 Å². The van der Waals surface area contributed by atoms with Crippen LogP contribution in [0.2, 0.25) is 0 Å². The van der Waals surface area contributed by atoms with E-state index in [0.29, 0.717) is 6.61 Å². The van der Waals surface area contributed by atoms with Gasteiger partial charge < -0.3 is 4.74 Å². The molecule has 0 radical (unpaired) electrons. The van der Waals surface area contributed by atoms with Crippen molar-refractivity contribution in [3.8, 4) is 0 Å². The van der Waals surface area contributed by atoms with Crippen LogP contribution in [-0.2, 0) is 25.4 Å². The van der Waals surface area contributed by atoms with Crippen molar-refractivity contribution in [2.75, 3.05) is 13.2 Å². The third-order valence-electron chi connectivity index (χ3n) is 2.30. The third-order valence-corrected chi connectivity index (χ3v) is 2.30. The Bertz CT molecular complexity index is 538. The van der Waals surface area contributed by atoms with Crippen molar-refractivity contribution in [2.45, 2.75) is 6.54 Å². The Morgan fingerprint density at radius 1 is 1.12 bits per heavy atom. The molecule has 1 aromatic heterocycles. The molecule has 0 spiro atoms. The normalized spacial score (nSPS) is 10.5. The smallest absolute Gasteiger partial charge is 0.336 e. The molecular formula is C10H15N3O4. The predicted molar refractivity (Wildman–Crippen MR) is 62.2 cm³/mol. The molecule has 17 heavy (non-hydrogen) atoms. The van der Waals surface area contributed by atoms with E-state index in [1.54, 1.807) is 6.08 Å². The molecule has 0 aliphatic heterocycles. The maximum atomic E-state index is 11.7. The molecule has 0 aromatic carbocycles. The zero-order valence-corrected chi connectivity index (χ0v) is 9.88. The molecule has 7 heteroatoms. The summed E-state index contributed by atoms with van der Waals surface area (Å²) in [6.07, 6.45) is 1.57. The highest BCUT2D eigenvalue weighted by molar-refractivity contribution is 4.76. The van der Waals surface area contributed by atoms with Crippen LogP contribution in [0.15, 0.2) is 27.0 Å². The van der Waals surface area contributed by atoms with Gasteiger partial charge in [-0.15, -0.1) is 6.58 Å². The summed E-state index contributed by atoms with van der Waals surface area (Å²) in [7, 11) is 2.65. The van der Waals surface area contributed by atoms with Crippen molar-refractivity contribution in [1.29, 1.82) is 0 Å². The summed E-state index contributed by atoms with van der Waals surface area (Å²) in [6.45, 7) is 4.14. The molecular weight excluding hydrogens is 226 g/mol. The van der Waals surface area contributed by atoms with E-state index in [1.165, 1.54) is 14.1 Å². The highest BCUT2D eigenvalue weighted by atomic mass is 16.5. The van der Waals surface area contributed by atoms with Crippen molar-refractivity contribution in [3.05, 3.63) is 44.1 Å². The molecule has 0 bridgehead atoms. The van der Waals surface area contributed by atoms with Gasteiger partial charge in [0.15, 0.2) is 0 Å². The topological polar surface area (TPSA) is 75.2 Å². The van der Waals surface area contributed by atoms with Crippen LogP contribution in [0.1, 0.15) is 0 Å². The van der Waals surface area contributed by atoms with Crippen molar-refractivity contribution in [3.63, 3.8) is 0 Å².